The summed E-state index contributed by atoms with van der Waals surface area (Å²) in [6.07, 6.45) is -3.48. The minimum atomic E-state index is -4.36. The van der Waals surface area contributed by atoms with Crippen molar-refractivity contribution in [2.45, 2.75) is 37.6 Å². The maximum Gasteiger partial charge on any atom is 0.339 e. The van der Waals surface area contributed by atoms with Crippen molar-refractivity contribution in [2.75, 3.05) is 6.61 Å². The molecule has 0 heterocycles. The van der Waals surface area contributed by atoms with Gasteiger partial charge in [0.15, 0.2) is 0 Å². The molecule has 1 N–H and O–H groups in total. The summed E-state index contributed by atoms with van der Waals surface area (Å²) in [6, 6.07) is 21.9. The molecule has 0 aromatic heterocycles. The van der Waals surface area contributed by atoms with Gasteiger partial charge in [-0.1, -0.05) is 66.2 Å². The van der Waals surface area contributed by atoms with Crippen molar-refractivity contribution in [3.05, 3.63) is 95.6 Å². The van der Waals surface area contributed by atoms with Crippen LogP contribution >= 0.6 is 0 Å². The fourth-order valence-corrected chi connectivity index (χ4v) is 4.13. The van der Waals surface area contributed by atoms with Crippen molar-refractivity contribution in [1.82, 2.24) is 0 Å². The summed E-state index contributed by atoms with van der Waals surface area (Å²) in [4.78, 5) is 12.5. The molecule has 0 aliphatic heterocycles. The van der Waals surface area contributed by atoms with Crippen LogP contribution in [0.5, 0.6) is 5.75 Å². The highest BCUT2D eigenvalue weighted by molar-refractivity contribution is 7.86. The molecule has 3 aromatic carbocycles. The first kappa shape index (κ1) is 24.4. The molecule has 2 atom stereocenters. The lowest BCUT2D eigenvalue weighted by atomic mass is 10.0. The molecule has 7 nitrogen and oxygen atoms in total. The Morgan fingerprint density at radius 3 is 2.24 bits per heavy atom. The molecule has 0 unspecified atom stereocenters. The van der Waals surface area contributed by atoms with Gasteiger partial charge in [-0.25, -0.2) is 8.98 Å². The van der Waals surface area contributed by atoms with Crippen LogP contribution in [0.3, 0.4) is 0 Å². The predicted octanol–water partition coefficient (Wildman–Crippen LogP) is 3.94. The average Bonchev–Trinajstić information content (AvgIpc) is 2.82. The molecule has 0 radical (unpaired) electrons. The van der Waals surface area contributed by atoms with Crippen LogP contribution in [0.15, 0.2) is 83.8 Å². The van der Waals surface area contributed by atoms with E-state index >= 15 is 0 Å². The lowest BCUT2D eigenvalue weighted by molar-refractivity contribution is -0.157. The molecule has 0 fully saturated rings. The Labute approximate surface area is 193 Å². The summed E-state index contributed by atoms with van der Waals surface area (Å²) in [7, 11) is -4.36. The fourth-order valence-electron chi connectivity index (χ4n) is 3.10. The number of benzene rings is 3. The second kappa shape index (κ2) is 11.1. The topological polar surface area (TPSA) is 99.1 Å². The predicted molar refractivity (Wildman–Crippen MR) is 122 cm³/mol. The van der Waals surface area contributed by atoms with E-state index in [0.717, 1.165) is 11.1 Å². The molecular weight excluding hydrogens is 444 g/mol. The second-order valence-corrected chi connectivity index (χ2v) is 8.87. The van der Waals surface area contributed by atoms with Crippen LogP contribution in [-0.4, -0.2) is 32.2 Å². The number of hydrogen-bond acceptors (Lipinski definition) is 7. The maximum atomic E-state index is 12.8. The zero-order valence-corrected chi connectivity index (χ0v) is 19.2. The minimum absolute atomic E-state index is 0.0118. The van der Waals surface area contributed by atoms with Gasteiger partial charge >= 0.3 is 5.97 Å². The molecule has 0 saturated heterocycles. The molecule has 0 saturated carbocycles. The second-order valence-electron chi connectivity index (χ2n) is 7.29. The van der Waals surface area contributed by atoms with Crippen LogP contribution in [-0.2, 0) is 30.4 Å². The standard InChI is InChI=1S/C25H26O7S/c1-3-30-25(27)24(32-33(28,29)20-15-13-18(2)14-16-20)23(26)21-11-7-8-12-22(21)31-17-19-9-5-4-6-10-19/h4-16,23-24,26H,3,17H2,1-2H3/t23-,24+/m0/s1. The van der Waals surface area contributed by atoms with Crippen molar-refractivity contribution in [3.8, 4) is 5.75 Å². The monoisotopic (exact) mass is 470 g/mol. The number of carbonyl (C=O) groups excluding carboxylic acids is 1. The average molecular weight is 471 g/mol. The number of carbonyl (C=O) groups is 1. The molecule has 174 valence electrons. The van der Waals surface area contributed by atoms with Crippen molar-refractivity contribution in [2.24, 2.45) is 0 Å². The van der Waals surface area contributed by atoms with E-state index in [2.05, 4.69) is 0 Å². The molecule has 0 spiro atoms. The van der Waals surface area contributed by atoms with Gasteiger partial charge in [-0.3, -0.25) is 0 Å². The van der Waals surface area contributed by atoms with E-state index in [1.165, 1.54) is 12.1 Å². The lowest BCUT2D eigenvalue weighted by Gasteiger charge is -2.23. The molecule has 0 aliphatic rings. The van der Waals surface area contributed by atoms with Crippen LogP contribution in [0, 0.1) is 6.92 Å². The quantitative estimate of drug-likeness (QED) is 0.354. The Bertz CT molecular complexity index is 1160. The van der Waals surface area contributed by atoms with Gasteiger partial charge in [-0.2, -0.15) is 8.42 Å². The third-order valence-corrected chi connectivity index (χ3v) is 6.13. The number of aryl methyl sites for hydroxylation is 1. The van der Waals surface area contributed by atoms with Crippen LogP contribution in [0.4, 0.5) is 0 Å². The molecule has 8 heteroatoms. The molecule has 3 rings (SSSR count). The number of aliphatic hydroxyl groups is 1. The summed E-state index contributed by atoms with van der Waals surface area (Å²) >= 11 is 0. The number of rotatable bonds is 10. The first-order valence-corrected chi connectivity index (χ1v) is 11.8. The minimum Gasteiger partial charge on any atom is -0.489 e. The van der Waals surface area contributed by atoms with Crippen molar-refractivity contribution in [3.63, 3.8) is 0 Å². The van der Waals surface area contributed by atoms with Gasteiger partial charge in [-0.15, -0.1) is 0 Å². The number of para-hydroxylation sites is 1. The highest BCUT2D eigenvalue weighted by Crippen LogP contribution is 2.31. The van der Waals surface area contributed by atoms with Crippen molar-refractivity contribution >= 4 is 16.1 Å². The smallest absolute Gasteiger partial charge is 0.339 e. The SMILES string of the molecule is CCOC(=O)[C@H](OS(=O)(=O)c1ccc(C)cc1)[C@@H](O)c1ccccc1OCc1ccccc1. The number of esters is 1. The van der Waals surface area contributed by atoms with Crippen LogP contribution in [0.1, 0.15) is 29.7 Å². The molecule has 0 amide bonds. The first-order chi connectivity index (χ1) is 15.8. The van der Waals surface area contributed by atoms with Gasteiger partial charge in [-0.05, 0) is 37.6 Å². The van der Waals surface area contributed by atoms with E-state index < -0.39 is 28.3 Å². The fraction of sp³-hybridized carbons (Fsp3) is 0.240. The van der Waals surface area contributed by atoms with Crippen LogP contribution in [0.25, 0.3) is 0 Å². The van der Waals surface area contributed by atoms with E-state index in [1.807, 2.05) is 37.3 Å². The van der Waals surface area contributed by atoms with Crippen LogP contribution in [0.2, 0.25) is 0 Å². The summed E-state index contributed by atoms with van der Waals surface area (Å²) in [5.74, 6) is -0.710. The molecule has 0 bridgehead atoms. The van der Waals surface area contributed by atoms with E-state index in [1.54, 1.807) is 43.3 Å². The lowest BCUT2D eigenvalue weighted by Crippen LogP contribution is -2.35. The Morgan fingerprint density at radius 2 is 1.58 bits per heavy atom. The Kier molecular flexibility index (Phi) is 8.21. The Morgan fingerprint density at radius 1 is 0.939 bits per heavy atom. The van der Waals surface area contributed by atoms with Gasteiger partial charge in [0.05, 0.1) is 11.5 Å². The molecule has 33 heavy (non-hydrogen) atoms. The zero-order chi connectivity index (χ0) is 23.8. The molecule has 3 aromatic rings. The van der Waals surface area contributed by atoms with Gasteiger partial charge < -0.3 is 14.6 Å². The largest absolute Gasteiger partial charge is 0.489 e. The third kappa shape index (κ3) is 6.41. The highest BCUT2D eigenvalue weighted by Gasteiger charge is 2.37. The summed E-state index contributed by atoms with van der Waals surface area (Å²) < 4.78 is 41.7. The third-order valence-electron chi connectivity index (χ3n) is 4.82. The first-order valence-electron chi connectivity index (χ1n) is 10.4. The van der Waals surface area contributed by atoms with Gasteiger partial charge in [0.2, 0.25) is 6.10 Å². The Balaban J connectivity index is 1.88. The van der Waals surface area contributed by atoms with Gasteiger partial charge in [0.1, 0.15) is 18.5 Å². The van der Waals surface area contributed by atoms with Crippen molar-refractivity contribution < 1.29 is 32.0 Å². The van der Waals surface area contributed by atoms with Crippen LogP contribution < -0.4 is 4.74 Å². The number of aliphatic hydroxyl groups excluding tert-OH is 1. The van der Waals surface area contributed by atoms with E-state index in [4.69, 9.17) is 13.7 Å². The Hall–Kier alpha value is -3.20. The van der Waals surface area contributed by atoms with Gasteiger partial charge in [0, 0.05) is 5.56 Å². The summed E-state index contributed by atoms with van der Waals surface area (Å²) in [5, 5.41) is 11.0. The molecular formula is C25H26O7S. The number of hydrogen-bond donors (Lipinski definition) is 1. The summed E-state index contributed by atoms with van der Waals surface area (Å²) in [5.41, 5.74) is 1.97. The zero-order valence-electron chi connectivity index (χ0n) is 18.4. The normalized spacial score (nSPS) is 13.2. The van der Waals surface area contributed by atoms with E-state index in [-0.39, 0.29) is 23.7 Å². The number of ether oxygens (including phenoxy) is 2. The summed E-state index contributed by atoms with van der Waals surface area (Å²) in [6.45, 7) is 3.60. The van der Waals surface area contributed by atoms with E-state index in [9.17, 15) is 18.3 Å². The van der Waals surface area contributed by atoms with Gasteiger partial charge in [0.25, 0.3) is 10.1 Å². The van der Waals surface area contributed by atoms with E-state index in [0.29, 0.717) is 5.75 Å². The maximum absolute atomic E-state index is 12.8. The highest BCUT2D eigenvalue weighted by atomic mass is 32.2. The molecule has 0 aliphatic carbocycles. The van der Waals surface area contributed by atoms with Crippen molar-refractivity contribution in [1.29, 1.82) is 0 Å².